The monoisotopic (exact) mass is 366 g/mol. The van der Waals surface area contributed by atoms with Crippen LogP contribution in [0.3, 0.4) is 0 Å². The number of nitro groups is 1. The van der Waals surface area contributed by atoms with Crippen LogP contribution in [0.5, 0.6) is 0 Å². The molecular weight excluding hydrogens is 348 g/mol. The molecular formula is C19H18N4O4. The molecule has 8 heteroatoms. The summed E-state index contributed by atoms with van der Waals surface area (Å²) in [6.45, 7) is 0.550. The van der Waals surface area contributed by atoms with E-state index in [0.29, 0.717) is 12.2 Å². The lowest BCUT2D eigenvalue weighted by Crippen LogP contribution is -2.23. The Morgan fingerprint density at radius 3 is 2.44 bits per heavy atom. The molecule has 2 aromatic carbocycles. The highest BCUT2D eigenvalue weighted by Gasteiger charge is 2.13. The van der Waals surface area contributed by atoms with E-state index in [9.17, 15) is 25.3 Å². The van der Waals surface area contributed by atoms with Crippen LogP contribution in [0.15, 0.2) is 66.4 Å². The topological polar surface area (TPSA) is 120 Å². The SMILES string of the molecule is N#C/C(=C/N(CCO)Cc1ccccc1)C(=O)Nc1ccc([N+](=O)[O-])cc1. The summed E-state index contributed by atoms with van der Waals surface area (Å²) in [7, 11) is 0. The Balaban J connectivity index is 2.12. The smallest absolute Gasteiger partial charge is 0.269 e. The number of nitriles is 1. The van der Waals surface area contributed by atoms with Gasteiger partial charge in [0.2, 0.25) is 0 Å². The third-order valence-corrected chi connectivity index (χ3v) is 3.63. The summed E-state index contributed by atoms with van der Waals surface area (Å²) in [6, 6.07) is 16.6. The molecule has 0 aliphatic rings. The van der Waals surface area contributed by atoms with Crippen LogP contribution >= 0.6 is 0 Å². The highest BCUT2D eigenvalue weighted by atomic mass is 16.6. The van der Waals surface area contributed by atoms with E-state index in [1.165, 1.54) is 30.5 Å². The summed E-state index contributed by atoms with van der Waals surface area (Å²) in [5, 5.41) is 31.7. The predicted molar refractivity (Wildman–Crippen MR) is 99.4 cm³/mol. The van der Waals surface area contributed by atoms with Gasteiger partial charge in [0.1, 0.15) is 11.6 Å². The summed E-state index contributed by atoms with van der Waals surface area (Å²) in [5.74, 6) is -0.637. The first kappa shape index (κ1) is 19.6. The van der Waals surface area contributed by atoms with Gasteiger partial charge in [-0.3, -0.25) is 14.9 Å². The zero-order chi connectivity index (χ0) is 19.6. The second-order valence-electron chi connectivity index (χ2n) is 5.59. The Kier molecular flexibility index (Phi) is 7.05. The van der Waals surface area contributed by atoms with E-state index in [1.807, 2.05) is 36.4 Å². The van der Waals surface area contributed by atoms with Gasteiger partial charge in [-0.1, -0.05) is 30.3 Å². The van der Waals surface area contributed by atoms with Crippen molar-refractivity contribution in [2.45, 2.75) is 6.54 Å². The first-order valence-corrected chi connectivity index (χ1v) is 8.10. The lowest BCUT2D eigenvalue weighted by Gasteiger charge is -2.20. The molecule has 2 N–H and O–H groups in total. The fraction of sp³-hybridized carbons (Fsp3) is 0.158. The average Bonchev–Trinajstić information content (AvgIpc) is 2.67. The number of aliphatic hydroxyl groups excluding tert-OH is 1. The Hall–Kier alpha value is -3.70. The summed E-state index contributed by atoms with van der Waals surface area (Å²) >= 11 is 0. The lowest BCUT2D eigenvalue weighted by molar-refractivity contribution is -0.384. The van der Waals surface area contributed by atoms with Crippen molar-refractivity contribution in [1.29, 1.82) is 5.26 Å². The molecule has 0 aliphatic heterocycles. The van der Waals surface area contributed by atoms with Crippen molar-refractivity contribution in [2.24, 2.45) is 0 Å². The molecule has 0 saturated heterocycles. The summed E-state index contributed by atoms with van der Waals surface area (Å²) in [4.78, 5) is 24.1. The summed E-state index contributed by atoms with van der Waals surface area (Å²) in [6.07, 6.45) is 1.39. The molecule has 0 aliphatic carbocycles. The van der Waals surface area contributed by atoms with Crippen molar-refractivity contribution in [3.63, 3.8) is 0 Å². The van der Waals surface area contributed by atoms with Crippen molar-refractivity contribution < 1.29 is 14.8 Å². The van der Waals surface area contributed by atoms with Crippen LogP contribution in [0.1, 0.15) is 5.56 Å². The van der Waals surface area contributed by atoms with Gasteiger partial charge in [0.05, 0.1) is 11.5 Å². The fourth-order valence-electron chi connectivity index (χ4n) is 2.32. The Labute approximate surface area is 156 Å². The van der Waals surface area contributed by atoms with Crippen molar-refractivity contribution >= 4 is 17.3 Å². The van der Waals surface area contributed by atoms with Gasteiger partial charge in [0.25, 0.3) is 11.6 Å². The second kappa shape index (κ2) is 9.70. The lowest BCUT2D eigenvalue weighted by atomic mass is 10.2. The first-order valence-electron chi connectivity index (χ1n) is 8.10. The molecule has 2 aromatic rings. The van der Waals surface area contributed by atoms with Gasteiger partial charge in [-0.2, -0.15) is 5.26 Å². The van der Waals surface area contributed by atoms with Gasteiger partial charge >= 0.3 is 0 Å². The van der Waals surface area contributed by atoms with Gasteiger partial charge in [-0.25, -0.2) is 0 Å². The second-order valence-corrected chi connectivity index (χ2v) is 5.59. The van der Waals surface area contributed by atoms with Crippen LogP contribution in [0, 0.1) is 21.4 Å². The van der Waals surface area contributed by atoms with E-state index in [1.54, 1.807) is 4.90 Å². The number of nitro benzene ring substituents is 1. The normalized spacial score (nSPS) is 10.7. The quantitative estimate of drug-likeness (QED) is 0.320. The number of non-ortho nitro benzene ring substituents is 1. The number of hydrogen-bond acceptors (Lipinski definition) is 6. The van der Waals surface area contributed by atoms with Crippen LogP contribution in [-0.2, 0) is 11.3 Å². The van der Waals surface area contributed by atoms with Crippen LogP contribution in [0.4, 0.5) is 11.4 Å². The predicted octanol–water partition coefficient (Wildman–Crippen LogP) is 2.44. The van der Waals surface area contributed by atoms with Gasteiger partial charge in [0, 0.05) is 37.1 Å². The average molecular weight is 366 g/mol. The molecule has 27 heavy (non-hydrogen) atoms. The molecule has 0 aromatic heterocycles. The van der Waals surface area contributed by atoms with E-state index in [2.05, 4.69) is 5.32 Å². The van der Waals surface area contributed by atoms with E-state index >= 15 is 0 Å². The van der Waals surface area contributed by atoms with Gasteiger partial charge < -0.3 is 15.3 Å². The van der Waals surface area contributed by atoms with Crippen LogP contribution in [-0.4, -0.2) is 34.0 Å². The molecule has 0 radical (unpaired) electrons. The number of anilines is 1. The number of aliphatic hydroxyl groups is 1. The van der Waals surface area contributed by atoms with Gasteiger partial charge in [0.15, 0.2) is 0 Å². The molecule has 0 spiro atoms. The zero-order valence-corrected chi connectivity index (χ0v) is 14.4. The minimum absolute atomic E-state index is 0.0963. The standard InChI is InChI=1S/C19H18N4O4/c20-12-16(14-22(10-11-24)13-15-4-2-1-3-5-15)19(25)21-17-6-8-18(9-7-17)23(26)27/h1-9,14,24H,10-11,13H2,(H,21,25)/b16-14-. The number of nitrogens with one attached hydrogen (secondary N) is 1. The van der Waals surface area contributed by atoms with E-state index in [4.69, 9.17) is 0 Å². The molecule has 0 bridgehead atoms. The minimum atomic E-state index is -0.637. The molecule has 2 rings (SSSR count). The number of rotatable bonds is 8. The van der Waals surface area contributed by atoms with Gasteiger partial charge in [-0.15, -0.1) is 0 Å². The number of carbonyl (C=O) groups is 1. The maximum Gasteiger partial charge on any atom is 0.269 e. The maximum absolute atomic E-state index is 12.3. The summed E-state index contributed by atoms with van der Waals surface area (Å²) < 4.78 is 0. The third kappa shape index (κ3) is 5.95. The maximum atomic E-state index is 12.3. The molecule has 8 nitrogen and oxygen atoms in total. The Morgan fingerprint density at radius 2 is 1.89 bits per heavy atom. The van der Waals surface area contributed by atoms with Crippen molar-refractivity contribution in [3.05, 3.63) is 82.0 Å². The number of carbonyl (C=O) groups excluding carboxylic acids is 1. The van der Waals surface area contributed by atoms with E-state index in [-0.39, 0.29) is 24.4 Å². The molecule has 0 unspecified atom stereocenters. The van der Waals surface area contributed by atoms with Crippen molar-refractivity contribution in [2.75, 3.05) is 18.5 Å². The highest BCUT2D eigenvalue weighted by Crippen LogP contribution is 2.16. The Bertz CT molecular complexity index is 858. The highest BCUT2D eigenvalue weighted by molar-refractivity contribution is 6.06. The number of nitrogens with zero attached hydrogens (tertiary/aromatic N) is 3. The summed E-state index contributed by atoms with van der Waals surface area (Å²) in [5.41, 5.74) is 1.07. The molecule has 0 atom stereocenters. The fourth-order valence-corrected chi connectivity index (χ4v) is 2.32. The molecule has 0 heterocycles. The van der Waals surface area contributed by atoms with Crippen LogP contribution in [0.2, 0.25) is 0 Å². The Morgan fingerprint density at radius 1 is 1.22 bits per heavy atom. The molecule has 0 fully saturated rings. The largest absolute Gasteiger partial charge is 0.395 e. The van der Waals surface area contributed by atoms with E-state index < -0.39 is 10.8 Å². The third-order valence-electron chi connectivity index (χ3n) is 3.63. The van der Waals surface area contributed by atoms with Gasteiger partial charge in [-0.05, 0) is 17.7 Å². The number of hydrogen-bond donors (Lipinski definition) is 2. The zero-order valence-electron chi connectivity index (χ0n) is 14.4. The minimum Gasteiger partial charge on any atom is -0.395 e. The first-order chi connectivity index (χ1) is 13.0. The van der Waals surface area contributed by atoms with Crippen LogP contribution in [0.25, 0.3) is 0 Å². The molecule has 0 saturated carbocycles. The van der Waals surface area contributed by atoms with Crippen LogP contribution < -0.4 is 5.32 Å². The molecule has 138 valence electrons. The van der Waals surface area contributed by atoms with E-state index in [0.717, 1.165) is 5.56 Å². The molecule has 1 amide bonds. The van der Waals surface area contributed by atoms with Crippen molar-refractivity contribution in [3.8, 4) is 6.07 Å². The van der Waals surface area contributed by atoms with Crippen molar-refractivity contribution in [1.82, 2.24) is 4.90 Å². The number of benzene rings is 2. The number of amides is 1.